The Morgan fingerprint density at radius 2 is 1.90 bits per heavy atom. The highest BCUT2D eigenvalue weighted by molar-refractivity contribution is 5.56. The number of non-ortho nitro benzene ring substituents is 1. The second-order valence-electron chi connectivity index (χ2n) is 4.95. The molecule has 0 spiro atoms. The first-order valence-electron chi connectivity index (χ1n) is 6.69. The predicted molar refractivity (Wildman–Crippen MR) is 78.9 cm³/mol. The summed E-state index contributed by atoms with van der Waals surface area (Å²) >= 11 is 0. The fourth-order valence-corrected chi connectivity index (χ4v) is 2.75. The number of rotatable bonds is 2. The van der Waals surface area contributed by atoms with Gasteiger partial charge in [0.2, 0.25) is 0 Å². The average molecular weight is 279 g/mol. The maximum atomic E-state index is 10.7. The number of fused-ring (bicyclic) bond motifs is 1. The van der Waals surface area contributed by atoms with E-state index in [1.165, 1.54) is 17.7 Å². The van der Waals surface area contributed by atoms with Crippen molar-refractivity contribution in [1.29, 1.82) is 5.26 Å². The van der Waals surface area contributed by atoms with Gasteiger partial charge in [-0.3, -0.25) is 10.1 Å². The first kappa shape index (κ1) is 13.1. The van der Waals surface area contributed by atoms with Crippen LogP contribution in [0.2, 0.25) is 0 Å². The summed E-state index contributed by atoms with van der Waals surface area (Å²) in [6.07, 6.45) is 0.866. The molecule has 21 heavy (non-hydrogen) atoms. The summed E-state index contributed by atoms with van der Waals surface area (Å²) in [5.41, 5.74) is 3.11. The van der Waals surface area contributed by atoms with Crippen molar-refractivity contribution in [3.63, 3.8) is 0 Å². The highest BCUT2D eigenvalue weighted by atomic mass is 16.6. The van der Waals surface area contributed by atoms with Crippen molar-refractivity contribution in [2.75, 3.05) is 11.4 Å². The molecular weight excluding hydrogens is 266 g/mol. The molecule has 0 aliphatic carbocycles. The molecule has 0 amide bonds. The maximum Gasteiger partial charge on any atom is 0.269 e. The van der Waals surface area contributed by atoms with Crippen LogP contribution in [0.5, 0.6) is 0 Å². The van der Waals surface area contributed by atoms with E-state index in [2.05, 4.69) is 6.07 Å². The molecule has 1 unspecified atom stereocenters. The minimum atomic E-state index is -0.420. The van der Waals surface area contributed by atoms with Crippen LogP contribution >= 0.6 is 0 Å². The molecule has 1 heterocycles. The topological polar surface area (TPSA) is 70.2 Å². The van der Waals surface area contributed by atoms with Gasteiger partial charge in [0, 0.05) is 24.4 Å². The zero-order valence-corrected chi connectivity index (χ0v) is 11.3. The molecule has 0 saturated heterocycles. The Kier molecular flexibility index (Phi) is 3.28. The second kappa shape index (κ2) is 5.25. The Morgan fingerprint density at radius 3 is 2.57 bits per heavy atom. The van der Waals surface area contributed by atoms with Gasteiger partial charge < -0.3 is 4.90 Å². The maximum absolute atomic E-state index is 10.7. The Labute approximate surface area is 122 Å². The van der Waals surface area contributed by atoms with Gasteiger partial charge in [-0.1, -0.05) is 24.3 Å². The van der Waals surface area contributed by atoms with Crippen LogP contribution < -0.4 is 4.90 Å². The Morgan fingerprint density at radius 1 is 1.19 bits per heavy atom. The van der Waals surface area contributed by atoms with Gasteiger partial charge in [-0.25, -0.2) is 0 Å². The summed E-state index contributed by atoms with van der Waals surface area (Å²) in [5, 5.41) is 20.2. The van der Waals surface area contributed by atoms with Crippen LogP contribution in [0.25, 0.3) is 0 Å². The van der Waals surface area contributed by atoms with E-state index in [9.17, 15) is 15.4 Å². The predicted octanol–water partition coefficient (Wildman–Crippen LogP) is 3.22. The Balaban J connectivity index is 1.96. The number of nitro benzene ring substituents is 1. The summed E-state index contributed by atoms with van der Waals surface area (Å²) in [4.78, 5) is 12.3. The van der Waals surface area contributed by atoms with Crippen molar-refractivity contribution in [2.45, 2.75) is 12.5 Å². The lowest BCUT2D eigenvalue weighted by atomic mass is 9.93. The highest BCUT2D eigenvalue weighted by Gasteiger charge is 2.27. The summed E-state index contributed by atoms with van der Waals surface area (Å²) in [6.45, 7) is 0.729. The third-order valence-electron chi connectivity index (χ3n) is 3.80. The van der Waals surface area contributed by atoms with E-state index < -0.39 is 4.92 Å². The summed E-state index contributed by atoms with van der Waals surface area (Å²) in [6, 6.07) is 16.3. The van der Waals surface area contributed by atoms with Crippen LogP contribution in [-0.4, -0.2) is 11.5 Å². The van der Waals surface area contributed by atoms with Gasteiger partial charge >= 0.3 is 0 Å². The van der Waals surface area contributed by atoms with E-state index in [0.29, 0.717) is 0 Å². The number of nitro groups is 1. The van der Waals surface area contributed by atoms with Crippen LogP contribution in [0.4, 0.5) is 11.4 Å². The largest absolute Gasteiger partial charge is 0.352 e. The standard InChI is InChI=1S/C16H13N3O2/c17-11-16-15-4-2-1-3-12(15)9-10-18(16)13-5-7-14(8-6-13)19(20)21/h1-8,16H,9-10H2. The van der Waals surface area contributed by atoms with Gasteiger partial charge in [-0.15, -0.1) is 0 Å². The second-order valence-corrected chi connectivity index (χ2v) is 4.95. The van der Waals surface area contributed by atoms with Crippen LogP contribution in [0.3, 0.4) is 0 Å². The molecule has 0 fully saturated rings. The molecule has 1 aliphatic rings. The molecule has 0 bridgehead atoms. The van der Waals surface area contributed by atoms with Crippen molar-refractivity contribution in [1.82, 2.24) is 0 Å². The highest BCUT2D eigenvalue weighted by Crippen LogP contribution is 2.33. The smallest absolute Gasteiger partial charge is 0.269 e. The van der Waals surface area contributed by atoms with E-state index in [-0.39, 0.29) is 11.7 Å². The quantitative estimate of drug-likeness (QED) is 0.625. The zero-order chi connectivity index (χ0) is 14.8. The molecule has 1 aliphatic heterocycles. The number of hydrogen-bond donors (Lipinski definition) is 0. The van der Waals surface area contributed by atoms with Crippen LogP contribution in [0.1, 0.15) is 17.2 Å². The molecule has 5 heteroatoms. The zero-order valence-electron chi connectivity index (χ0n) is 11.3. The van der Waals surface area contributed by atoms with Gasteiger partial charge in [0.25, 0.3) is 5.69 Å². The number of nitriles is 1. The molecule has 1 atom stereocenters. The summed E-state index contributed by atoms with van der Waals surface area (Å²) in [7, 11) is 0. The molecule has 0 saturated carbocycles. The van der Waals surface area contributed by atoms with Crippen molar-refractivity contribution >= 4 is 11.4 Å². The van der Waals surface area contributed by atoms with Crippen molar-refractivity contribution in [3.05, 3.63) is 69.8 Å². The lowest BCUT2D eigenvalue weighted by Gasteiger charge is -2.35. The molecule has 3 rings (SSSR count). The molecule has 104 valence electrons. The van der Waals surface area contributed by atoms with Gasteiger partial charge in [0.05, 0.1) is 11.0 Å². The Bertz CT molecular complexity index is 719. The molecule has 0 N–H and O–H groups in total. The molecule has 5 nitrogen and oxygen atoms in total. The summed E-state index contributed by atoms with van der Waals surface area (Å²) < 4.78 is 0. The lowest BCUT2D eigenvalue weighted by Crippen LogP contribution is -2.34. The molecule has 0 radical (unpaired) electrons. The molecule has 2 aromatic rings. The number of anilines is 1. The van der Waals surface area contributed by atoms with E-state index >= 15 is 0 Å². The minimum Gasteiger partial charge on any atom is -0.352 e. The van der Waals surface area contributed by atoms with E-state index in [4.69, 9.17) is 0 Å². The average Bonchev–Trinajstić information content (AvgIpc) is 2.53. The fourth-order valence-electron chi connectivity index (χ4n) is 2.75. The van der Waals surface area contributed by atoms with Crippen LogP contribution in [0, 0.1) is 21.4 Å². The van der Waals surface area contributed by atoms with Crippen molar-refractivity contribution in [2.24, 2.45) is 0 Å². The van der Waals surface area contributed by atoms with Gasteiger partial charge in [-0.05, 0) is 29.7 Å². The SMILES string of the molecule is N#CC1c2ccccc2CCN1c1ccc([N+](=O)[O-])cc1. The van der Waals surface area contributed by atoms with E-state index in [1.54, 1.807) is 12.1 Å². The van der Waals surface area contributed by atoms with E-state index in [1.807, 2.05) is 29.2 Å². The van der Waals surface area contributed by atoms with Crippen molar-refractivity contribution in [3.8, 4) is 6.07 Å². The Hall–Kier alpha value is -2.87. The van der Waals surface area contributed by atoms with Gasteiger partial charge in [0.1, 0.15) is 6.04 Å². The van der Waals surface area contributed by atoms with E-state index in [0.717, 1.165) is 24.2 Å². The van der Waals surface area contributed by atoms with Gasteiger partial charge in [0.15, 0.2) is 0 Å². The van der Waals surface area contributed by atoms with Crippen molar-refractivity contribution < 1.29 is 4.92 Å². The van der Waals surface area contributed by atoms with Gasteiger partial charge in [-0.2, -0.15) is 5.26 Å². The number of nitrogens with zero attached hydrogens (tertiary/aromatic N) is 3. The third-order valence-corrected chi connectivity index (χ3v) is 3.80. The minimum absolute atomic E-state index is 0.0599. The molecular formula is C16H13N3O2. The molecule has 2 aromatic carbocycles. The lowest BCUT2D eigenvalue weighted by molar-refractivity contribution is -0.384. The normalized spacial score (nSPS) is 16.9. The van der Waals surface area contributed by atoms with Crippen LogP contribution in [0.15, 0.2) is 48.5 Å². The number of benzene rings is 2. The third kappa shape index (κ3) is 2.32. The first-order valence-corrected chi connectivity index (χ1v) is 6.69. The molecule has 0 aromatic heterocycles. The monoisotopic (exact) mass is 279 g/mol. The first-order chi connectivity index (χ1) is 10.2. The number of hydrogen-bond acceptors (Lipinski definition) is 4. The van der Waals surface area contributed by atoms with Crippen LogP contribution in [-0.2, 0) is 6.42 Å². The fraction of sp³-hybridized carbons (Fsp3) is 0.188. The summed E-state index contributed by atoms with van der Waals surface area (Å²) in [5.74, 6) is 0.